The van der Waals surface area contributed by atoms with Crippen molar-refractivity contribution in [2.24, 2.45) is 5.92 Å². The number of carboxylic acids is 1. The number of piperidine rings is 1. The third-order valence-corrected chi connectivity index (χ3v) is 5.08. The molecule has 20 heavy (non-hydrogen) atoms. The van der Waals surface area contributed by atoms with Gasteiger partial charge < -0.3 is 10.0 Å². The lowest BCUT2D eigenvalue weighted by atomic mass is 9.77. The summed E-state index contributed by atoms with van der Waals surface area (Å²) in [5.41, 5.74) is 0.603. The summed E-state index contributed by atoms with van der Waals surface area (Å²) in [5, 5.41) is 9.59. The molecule has 2 aliphatic heterocycles. The highest BCUT2D eigenvalue weighted by molar-refractivity contribution is 5.76. The van der Waals surface area contributed by atoms with Crippen molar-refractivity contribution < 1.29 is 14.3 Å². The summed E-state index contributed by atoms with van der Waals surface area (Å²) in [6.45, 7) is 0. The van der Waals surface area contributed by atoms with E-state index in [1.54, 1.807) is 12.1 Å². The first-order valence-electron chi connectivity index (χ1n) is 7.26. The Hall–Kier alpha value is -1.42. The largest absolute Gasteiger partial charge is 0.481 e. The predicted octanol–water partition coefficient (Wildman–Crippen LogP) is 2.87. The molecule has 0 radical (unpaired) electrons. The van der Waals surface area contributed by atoms with Gasteiger partial charge in [-0.2, -0.15) is 0 Å². The monoisotopic (exact) mass is 277 g/mol. The fourth-order valence-corrected chi connectivity index (χ4v) is 4.04. The molecular weight excluding hydrogens is 257 g/mol. The van der Waals surface area contributed by atoms with Crippen LogP contribution in [0.2, 0.25) is 0 Å². The number of nitrogens with zero attached hydrogens (tertiary/aromatic N) is 1. The van der Waals surface area contributed by atoms with E-state index in [9.17, 15) is 14.3 Å². The number of fused-ring (bicyclic) bond motifs is 2. The third kappa shape index (κ3) is 2.33. The minimum atomic E-state index is -0.829. The molecule has 2 fully saturated rings. The average molecular weight is 277 g/mol. The SMILES string of the molecule is CN1C2CCC1CC(C(C(=O)O)c1cccc(F)c1)C2. The van der Waals surface area contributed by atoms with Crippen LogP contribution in [-0.2, 0) is 4.79 Å². The van der Waals surface area contributed by atoms with Gasteiger partial charge in [-0.1, -0.05) is 12.1 Å². The van der Waals surface area contributed by atoms with Gasteiger partial charge in [0.1, 0.15) is 5.82 Å². The molecule has 3 nitrogen and oxygen atoms in total. The van der Waals surface area contributed by atoms with Crippen molar-refractivity contribution in [3.8, 4) is 0 Å². The highest BCUT2D eigenvalue weighted by atomic mass is 19.1. The summed E-state index contributed by atoms with van der Waals surface area (Å²) < 4.78 is 13.4. The second kappa shape index (κ2) is 5.17. The molecule has 0 spiro atoms. The molecular formula is C16H20FNO2. The molecule has 0 aromatic heterocycles. The summed E-state index contributed by atoms with van der Waals surface area (Å²) in [4.78, 5) is 14.1. The summed E-state index contributed by atoms with van der Waals surface area (Å²) in [6, 6.07) is 7.06. The van der Waals surface area contributed by atoms with Crippen molar-refractivity contribution in [3.63, 3.8) is 0 Å². The van der Waals surface area contributed by atoms with E-state index < -0.39 is 11.9 Å². The van der Waals surface area contributed by atoms with Crippen LogP contribution in [0.1, 0.15) is 37.2 Å². The van der Waals surface area contributed by atoms with Gasteiger partial charge in [-0.15, -0.1) is 0 Å². The number of hydrogen-bond donors (Lipinski definition) is 1. The van der Waals surface area contributed by atoms with Crippen LogP contribution in [0.3, 0.4) is 0 Å². The maximum Gasteiger partial charge on any atom is 0.311 e. The van der Waals surface area contributed by atoms with Gasteiger partial charge in [0.05, 0.1) is 5.92 Å². The molecule has 1 N–H and O–H groups in total. The van der Waals surface area contributed by atoms with Crippen LogP contribution in [-0.4, -0.2) is 35.1 Å². The molecule has 1 aromatic carbocycles. The highest BCUT2D eigenvalue weighted by Crippen LogP contribution is 2.43. The van der Waals surface area contributed by atoms with Gasteiger partial charge in [0, 0.05) is 12.1 Å². The summed E-state index contributed by atoms with van der Waals surface area (Å²) in [6.07, 6.45) is 4.13. The Labute approximate surface area is 118 Å². The van der Waals surface area contributed by atoms with Crippen molar-refractivity contribution in [2.45, 2.75) is 43.7 Å². The van der Waals surface area contributed by atoms with E-state index in [-0.39, 0.29) is 11.7 Å². The number of halogens is 1. The fraction of sp³-hybridized carbons (Fsp3) is 0.562. The first-order valence-corrected chi connectivity index (χ1v) is 7.26. The summed E-state index contributed by atoms with van der Waals surface area (Å²) >= 11 is 0. The van der Waals surface area contributed by atoms with E-state index in [1.807, 2.05) is 0 Å². The Bertz CT molecular complexity index is 505. The Kier molecular flexibility index (Phi) is 3.50. The maximum absolute atomic E-state index is 13.4. The standard InChI is InChI=1S/C16H20FNO2/c1-18-13-5-6-14(18)9-11(8-13)15(16(19)20)10-3-2-4-12(17)7-10/h2-4,7,11,13-15H,5-6,8-9H2,1H3,(H,19,20). The predicted molar refractivity (Wildman–Crippen MR) is 74.1 cm³/mol. The molecule has 2 bridgehead atoms. The van der Waals surface area contributed by atoms with E-state index in [0.717, 1.165) is 25.7 Å². The van der Waals surface area contributed by atoms with Gasteiger partial charge >= 0.3 is 5.97 Å². The molecule has 3 atom stereocenters. The molecule has 0 amide bonds. The normalized spacial score (nSPS) is 31.2. The lowest BCUT2D eigenvalue weighted by Gasteiger charge is -2.38. The first kappa shape index (κ1) is 13.6. The van der Waals surface area contributed by atoms with Crippen LogP contribution in [0.15, 0.2) is 24.3 Å². The molecule has 3 rings (SSSR count). The van der Waals surface area contributed by atoms with E-state index >= 15 is 0 Å². The maximum atomic E-state index is 13.4. The van der Waals surface area contributed by atoms with Gasteiger partial charge in [-0.25, -0.2) is 4.39 Å². The molecule has 0 saturated carbocycles. The third-order valence-electron chi connectivity index (χ3n) is 5.08. The Morgan fingerprint density at radius 1 is 1.35 bits per heavy atom. The Balaban J connectivity index is 1.87. The molecule has 2 saturated heterocycles. The fourth-order valence-electron chi connectivity index (χ4n) is 4.04. The molecule has 3 unspecified atom stereocenters. The number of benzene rings is 1. The average Bonchev–Trinajstić information content (AvgIpc) is 2.62. The van der Waals surface area contributed by atoms with E-state index in [2.05, 4.69) is 11.9 Å². The Morgan fingerprint density at radius 3 is 2.55 bits per heavy atom. The van der Waals surface area contributed by atoms with Crippen molar-refractivity contribution in [2.75, 3.05) is 7.05 Å². The van der Waals surface area contributed by atoms with Crippen LogP contribution in [0.25, 0.3) is 0 Å². The number of carbonyl (C=O) groups is 1. The molecule has 0 aliphatic carbocycles. The van der Waals surface area contributed by atoms with E-state index in [1.165, 1.54) is 12.1 Å². The minimum Gasteiger partial charge on any atom is -0.481 e. The highest BCUT2D eigenvalue weighted by Gasteiger charge is 2.43. The first-order chi connectivity index (χ1) is 9.56. The van der Waals surface area contributed by atoms with Crippen LogP contribution >= 0.6 is 0 Å². The molecule has 4 heteroatoms. The summed E-state index contributed by atoms with van der Waals surface area (Å²) in [5.74, 6) is -1.65. The molecule has 2 aliphatic rings. The van der Waals surface area contributed by atoms with Gasteiger partial charge in [0.15, 0.2) is 0 Å². The lowest BCUT2D eigenvalue weighted by molar-refractivity contribution is -0.141. The van der Waals surface area contributed by atoms with E-state index in [0.29, 0.717) is 17.6 Å². The minimum absolute atomic E-state index is 0.114. The molecule has 108 valence electrons. The van der Waals surface area contributed by atoms with Crippen molar-refractivity contribution in [1.29, 1.82) is 0 Å². The Morgan fingerprint density at radius 2 is 2.00 bits per heavy atom. The van der Waals surface area contributed by atoms with Crippen molar-refractivity contribution >= 4 is 5.97 Å². The number of aliphatic carboxylic acids is 1. The van der Waals surface area contributed by atoms with Crippen LogP contribution in [0.4, 0.5) is 4.39 Å². The zero-order valence-electron chi connectivity index (χ0n) is 11.6. The smallest absolute Gasteiger partial charge is 0.311 e. The van der Waals surface area contributed by atoms with Crippen LogP contribution in [0.5, 0.6) is 0 Å². The topological polar surface area (TPSA) is 40.5 Å². The number of rotatable bonds is 3. The summed E-state index contributed by atoms with van der Waals surface area (Å²) in [7, 11) is 2.14. The van der Waals surface area contributed by atoms with Crippen molar-refractivity contribution in [3.05, 3.63) is 35.6 Å². The zero-order chi connectivity index (χ0) is 14.3. The molecule has 2 heterocycles. The number of hydrogen-bond acceptors (Lipinski definition) is 2. The van der Waals surface area contributed by atoms with Crippen LogP contribution < -0.4 is 0 Å². The van der Waals surface area contributed by atoms with Gasteiger partial charge in [-0.05, 0) is 56.3 Å². The van der Waals surface area contributed by atoms with E-state index in [4.69, 9.17) is 0 Å². The van der Waals surface area contributed by atoms with Crippen molar-refractivity contribution in [1.82, 2.24) is 4.90 Å². The quantitative estimate of drug-likeness (QED) is 0.923. The van der Waals surface area contributed by atoms with Crippen LogP contribution in [0, 0.1) is 11.7 Å². The number of carboxylic acid groups (broad SMARTS) is 1. The second-order valence-electron chi connectivity index (χ2n) is 6.15. The van der Waals surface area contributed by atoms with Gasteiger partial charge in [0.2, 0.25) is 0 Å². The zero-order valence-corrected chi connectivity index (χ0v) is 11.6. The van der Waals surface area contributed by atoms with Gasteiger partial charge in [0.25, 0.3) is 0 Å². The molecule has 1 aromatic rings. The van der Waals surface area contributed by atoms with Gasteiger partial charge in [-0.3, -0.25) is 4.79 Å². The lowest BCUT2D eigenvalue weighted by Crippen LogP contribution is -2.42. The second-order valence-corrected chi connectivity index (χ2v) is 6.15.